The van der Waals surface area contributed by atoms with Crippen LogP contribution in [-0.4, -0.2) is 88.6 Å². The smallest absolute Gasteiger partial charge is 0.213 e. The van der Waals surface area contributed by atoms with Gasteiger partial charge in [0.25, 0.3) is 0 Å². The van der Waals surface area contributed by atoms with Crippen LogP contribution in [0.5, 0.6) is 5.88 Å². The average Bonchev–Trinajstić information content (AvgIpc) is 3.30. The van der Waals surface area contributed by atoms with E-state index in [9.17, 15) is 0 Å². The van der Waals surface area contributed by atoms with Crippen molar-refractivity contribution in [1.29, 1.82) is 0 Å². The third-order valence-corrected chi connectivity index (χ3v) is 7.03. The van der Waals surface area contributed by atoms with Crippen molar-refractivity contribution in [3.8, 4) is 17.0 Å². The lowest BCUT2D eigenvalue weighted by Crippen LogP contribution is -2.55. The highest BCUT2D eigenvalue weighted by molar-refractivity contribution is 5.85. The number of hydrogen-bond donors (Lipinski definition) is 0. The van der Waals surface area contributed by atoms with Gasteiger partial charge in [-0.05, 0) is 65.2 Å². The Labute approximate surface area is 207 Å². The van der Waals surface area contributed by atoms with Gasteiger partial charge >= 0.3 is 0 Å². The second-order valence-electron chi connectivity index (χ2n) is 9.94. The molecule has 0 N–H and O–H groups in total. The Morgan fingerprint density at radius 1 is 0.943 bits per heavy atom. The maximum Gasteiger partial charge on any atom is 0.213 e. The van der Waals surface area contributed by atoms with E-state index in [1.165, 1.54) is 0 Å². The van der Waals surface area contributed by atoms with Gasteiger partial charge in [-0.1, -0.05) is 6.07 Å². The first-order valence-corrected chi connectivity index (χ1v) is 12.4. The number of aromatic nitrogens is 4. The molecule has 0 aliphatic carbocycles. The van der Waals surface area contributed by atoms with Crippen molar-refractivity contribution in [2.24, 2.45) is 0 Å². The van der Waals surface area contributed by atoms with Gasteiger partial charge in [0.15, 0.2) is 0 Å². The lowest BCUT2D eigenvalue weighted by molar-refractivity contribution is 0.169. The molecule has 8 nitrogen and oxygen atoms in total. The highest BCUT2D eigenvalue weighted by Crippen LogP contribution is 2.29. The molecule has 5 rings (SSSR count). The van der Waals surface area contributed by atoms with E-state index < -0.39 is 0 Å². The van der Waals surface area contributed by atoms with Crippen LogP contribution in [0.25, 0.3) is 27.7 Å². The van der Waals surface area contributed by atoms with Crippen molar-refractivity contribution in [3.63, 3.8) is 0 Å². The number of rotatable bonds is 7. The van der Waals surface area contributed by atoms with E-state index in [1.54, 1.807) is 0 Å². The number of nitrogens with zero attached hydrogens (tertiary/aromatic N) is 7. The molecule has 0 radical (unpaired) electrons. The molecule has 2 atom stereocenters. The average molecular weight is 474 g/mol. The van der Waals surface area contributed by atoms with Crippen molar-refractivity contribution in [3.05, 3.63) is 48.9 Å². The Balaban J connectivity index is 1.44. The fourth-order valence-electron chi connectivity index (χ4n) is 4.80. The molecule has 1 saturated heterocycles. The van der Waals surface area contributed by atoms with Crippen LogP contribution in [-0.2, 0) is 0 Å². The molecule has 1 aromatic carbocycles. The van der Waals surface area contributed by atoms with Gasteiger partial charge in [-0.2, -0.15) is 0 Å². The normalized spacial score (nSPS) is 19.2. The zero-order chi connectivity index (χ0) is 24.5. The van der Waals surface area contributed by atoms with Gasteiger partial charge in [0.2, 0.25) is 11.8 Å². The standard InChI is InChI=1S/C27H35N7O/c1-19-17-33(18-20(2)32(19)5)27-30-16-23-15-28-24-9-7-21(13-25(24)34(23)27)22-8-10-26(29-14-22)35-12-6-11-31(3)4/h7-10,13-16,19-20H,6,11-12,17-18H2,1-5H3/t19-,20+. The number of piperazine rings is 1. The lowest BCUT2D eigenvalue weighted by atomic mass is 10.1. The minimum Gasteiger partial charge on any atom is -0.478 e. The highest BCUT2D eigenvalue weighted by Gasteiger charge is 2.29. The first-order valence-electron chi connectivity index (χ1n) is 12.4. The van der Waals surface area contributed by atoms with Crippen molar-refractivity contribution < 1.29 is 4.74 Å². The monoisotopic (exact) mass is 473 g/mol. The zero-order valence-corrected chi connectivity index (χ0v) is 21.3. The second kappa shape index (κ2) is 9.79. The number of hydrogen-bond acceptors (Lipinski definition) is 7. The van der Waals surface area contributed by atoms with E-state index in [0.29, 0.717) is 24.6 Å². The van der Waals surface area contributed by atoms with Crippen LogP contribution < -0.4 is 9.64 Å². The minimum atomic E-state index is 0.462. The van der Waals surface area contributed by atoms with Crippen LogP contribution in [0.4, 0.5) is 5.95 Å². The van der Waals surface area contributed by atoms with Crippen LogP contribution >= 0.6 is 0 Å². The summed E-state index contributed by atoms with van der Waals surface area (Å²) >= 11 is 0. The summed E-state index contributed by atoms with van der Waals surface area (Å²) in [6.45, 7) is 8.11. The third kappa shape index (κ3) is 4.81. The number of ether oxygens (including phenoxy) is 1. The summed E-state index contributed by atoms with van der Waals surface area (Å²) in [4.78, 5) is 21.0. The first-order chi connectivity index (χ1) is 16.9. The molecule has 1 aliphatic heterocycles. The van der Waals surface area contributed by atoms with Gasteiger partial charge in [0.05, 0.1) is 35.6 Å². The molecular formula is C27H35N7O. The maximum absolute atomic E-state index is 5.80. The molecule has 0 spiro atoms. The van der Waals surface area contributed by atoms with Crippen molar-refractivity contribution in [2.45, 2.75) is 32.4 Å². The lowest BCUT2D eigenvalue weighted by Gasteiger charge is -2.42. The maximum atomic E-state index is 5.80. The van der Waals surface area contributed by atoms with E-state index in [-0.39, 0.29) is 0 Å². The number of benzene rings is 1. The predicted octanol–water partition coefficient (Wildman–Crippen LogP) is 3.80. The Morgan fingerprint density at radius 3 is 2.40 bits per heavy atom. The fourth-order valence-corrected chi connectivity index (χ4v) is 4.80. The van der Waals surface area contributed by atoms with Crippen LogP contribution in [0.15, 0.2) is 48.9 Å². The molecular weight excluding hydrogens is 438 g/mol. The predicted molar refractivity (Wildman–Crippen MR) is 141 cm³/mol. The fraction of sp³-hybridized carbons (Fsp3) is 0.444. The minimum absolute atomic E-state index is 0.462. The first kappa shape index (κ1) is 23.5. The number of pyridine rings is 1. The third-order valence-electron chi connectivity index (χ3n) is 7.03. The Morgan fingerprint density at radius 2 is 1.69 bits per heavy atom. The number of anilines is 1. The number of fused-ring (bicyclic) bond motifs is 3. The van der Waals surface area contributed by atoms with Crippen LogP contribution in [0.1, 0.15) is 20.3 Å². The number of imidazole rings is 1. The van der Waals surface area contributed by atoms with Crippen LogP contribution in [0.2, 0.25) is 0 Å². The molecule has 3 aromatic heterocycles. The summed E-state index contributed by atoms with van der Waals surface area (Å²) < 4.78 is 8.05. The summed E-state index contributed by atoms with van der Waals surface area (Å²) in [5, 5.41) is 0. The molecule has 0 bridgehead atoms. The molecule has 184 valence electrons. The molecule has 1 fully saturated rings. The summed E-state index contributed by atoms with van der Waals surface area (Å²) in [6, 6.07) is 11.3. The summed E-state index contributed by atoms with van der Waals surface area (Å²) in [5.41, 5.74) is 5.15. The topological polar surface area (TPSA) is 62.0 Å². The van der Waals surface area contributed by atoms with Crippen molar-refractivity contribution >= 4 is 22.5 Å². The summed E-state index contributed by atoms with van der Waals surface area (Å²) in [5.74, 6) is 1.64. The largest absolute Gasteiger partial charge is 0.478 e. The quantitative estimate of drug-likeness (QED) is 0.378. The van der Waals surface area contributed by atoms with Gasteiger partial charge in [0.1, 0.15) is 0 Å². The Kier molecular flexibility index (Phi) is 6.58. The Hall–Kier alpha value is -3.23. The summed E-state index contributed by atoms with van der Waals surface area (Å²) in [7, 11) is 6.34. The van der Waals surface area contributed by atoms with E-state index in [4.69, 9.17) is 9.72 Å². The molecule has 8 heteroatoms. The van der Waals surface area contributed by atoms with Crippen LogP contribution in [0, 0.1) is 0 Å². The molecule has 35 heavy (non-hydrogen) atoms. The number of likely N-dealkylation sites (N-methyl/N-ethyl adjacent to an activating group) is 1. The van der Waals surface area contributed by atoms with E-state index in [0.717, 1.165) is 59.7 Å². The van der Waals surface area contributed by atoms with E-state index in [1.807, 2.05) is 24.7 Å². The molecule has 4 aromatic rings. The highest BCUT2D eigenvalue weighted by atomic mass is 16.5. The second-order valence-corrected chi connectivity index (χ2v) is 9.94. The van der Waals surface area contributed by atoms with E-state index in [2.05, 4.69) is 88.3 Å². The van der Waals surface area contributed by atoms with Crippen molar-refractivity contribution in [2.75, 3.05) is 52.3 Å². The zero-order valence-electron chi connectivity index (χ0n) is 21.3. The molecule has 1 aliphatic rings. The molecule has 0 amide bonds. The van der Waals surface area contributed by atoms with Gasteiger partial charge < -0.3 is 14.5 Å². The molecule has 4 heterocycles. The van der Waals surface area contributed by atoms with E-state index >= 15 is 0 Å². The van der Waals surface area contributed by atoms with Gasteiger partial charge in [-0.3, -0.25) is 14.3 Å². The van der Waals surface area contributed by atoms with Crippen molar-refractivity contribution in [1.82, 2.24) is 29.2 Å². The SMILES string of the molecule is C[C@@H]1CN(c2ncc3cnc4ccc(-c5ccc(OCCCN(C)C)nc5)cc4n23)C[C@H](C)N1C. The van der Waals surface area contributed by atoms with Gasteiger partial charge in [0, 0.05) is 49.5 Å². The molecule has 0 saturated carbocycles. The van der Waals surface area contributed by atoms with Crippen LogP contribution in [0.3, 0.4) is 0 Å². The van der Waals surface area contributed by atoms with Gasteiger partial charge in [-0.15, -0.1) is 0 Å². The molecule has 0 unspecified atom stereocenters. The Bertz CT molecular complexity index is 1290. The van der Waals surface area contributed by atoms with Gasteiger partial charge in [-0.25, -0.2) is 9.97 Å². The summed E-state index contributed by atoms with van der Waals surface area (Å²) in [6.07, 6.45) is 6.69.